The maximum absolute atomic E-state index is 13.1. The summed E-state index contributed by atoms with van der Waals surface area (Å²) < 4.78 is 13.1. The lowest BCUT2D eigenvalue weighted by atomic mass is 9.94. The van der Waals surface area contributed by atoms with Crippen LogP contribution in [-0.4, -0.2) is 18.3 Å². The predicted octanol–water partition coefficient (Wildman–Crippen LogP) is 1.36. The van der Waals surface area contributed by atoms with Gasteiger partial charge >= 0.3 is 0 Å². The number of aliphatic imine (C=N–C) groups is 1. The maximum atomic E-state index is 13.1. The number of carbonyl (C=O) groups is 1. The molecule has 0 bridgehead atoms. The molecule has 0 aromatic heterocycles. The van der Waals surface area contributed by atoms with Gasteiger partial charge < -0.3 is 0 Å². The minimum absolute atomic E-state index is 0.362. The normalized spacial score (nSPS) is 26.4. The molecule has 1 aliphatic carbocycles. The first kappa shape index (κ1) is 7.16. The number of hydrogen-bond donors (Lipinski definition) is 0. The van der Waals surface area contributed by atoms with E-state index in [2.05, 4.69) is 4.99 Å². The molecule has 0 saturated carbocycles. The molecule has 0 radical (unpaired) electrons. The van der Waals surface area contributed by atoms with E-state index >= 15 is 0 Å². The van der Waals surface area contributed by atoms with Crippen molar-refractivity contribution < 1.29 is 9.18 Å². The van der Waals surface area contributed by atoms with E-state index in [1.165, 1.54) is 24.4 Å². The fraction of sp³-hybridized carbons (Fsp3) is 0.111. The van der Waals surface area contributed by atoms with Gasteiger partial charge in [-0.05, 0) is 18.2 Å². The summed E-state index contributed by atoms with van der Waals surface area (Å²) in [6.45, 7) is 0. The highest BCUT2D eigenvalue weighted by Crippen LogP contribution is 2.25. The minimum Gasteiger partial charge on any atom is -0.267 e. The highest BCUT2D eigenvalue weighted by molar-refractivity contribution is 6.07. The molecule has 0 aromatic rings. The molecular formula is C9H6FNO. The SMILES string of the molecule is O=C1N=CC=C2C1=CC=CC2F. The van der Waals surface area contributed by atoms with Crippen molar-refractivity contribution in [2.24, 2.45) is 4.99 Å². The molecule has 60 valence electrons. The lowest BCUT2D eigenvalue weighted by molar-refractivity contribution is -0.114. The second-order valence-corrected chi connectivity index (χ2v) is 2.57. The number of dihydropyridines is 1. The van der Waals surface area contributed by atoms with Crippen LogP contribution in [0, 0.1) is 0 Å². The first-order chi connectivity index (χ1) is 5.79. The molecule has 1 amide bonds. The summed E-state index contributed by atoms with van der Waals surface area (Å²) in [6, 6.07) is 0. The Labute approximate surface area is 68.8 Å². The van der Waals surface area contributed by atoms with Gasteiger partial charge in [-0.3, -0.25) is 4.79 Å². The topological polar surface area (TPSA) is 29.4 Å². The Kier molecular flexibility index (Phi) is 1.50. The van der Waals surface area contributed by atoms with Gasteiger partial charge in [0.2, 0.25) is 0 Å². The Balaban J connectivity index is 2.50. The van der Waals surface area contributed by atoms with Crippen LogP contribution < -0.4 is 0 Å². The molecule has 0 N–H and O–H groups in total. The maximum Gasteiger partial charge on any atom is 0.277 e. The Hall–Kier alpha value is -1.51. The van der Waals surface area contributed by atoms with Crippen LogP contribution in [-0.2, 0) is 4.79 Å². The molecule has 3 heteroatoms. The van der Waals surface area contributed by atoms with E-state index in [0.717, 1.165) is 0 Å². The lowest BCUT2D eigenvalue weighted by Gasteiger charge is -2.15. The summed E-state index contributed by atoms with van der Waals surface area (Å²) in [7, 11) is 0. The van der Waals surface area contributed by atoms with Crippen LogP contribution in [0.2, 0.25) is 0 Å². The molecule has 1 heterocycles. The van der Waals surface area contributed by atoms with Gasteiger partial charge in [0.25, 0.3) is 5.91 Å². The van der Waals surface area contributed by atoms with E-state index in [4.69, 9.17) is 0 Å². The van der Waals surface area contributed by atoms with Crippen LogP contribution in [0.5, 0.6) is 0 Å². The minimum atomic E-state index is -1.17. The highest BCUT2D eigenvalue weighted by Gasteiger charge is 2.23. The largest absolute Gasteiger partial charge is 0.277 e. The number of allylic oxidation sites excluding steroid dienone is 4. The molecular weight excluding hydrogens is 157 g/mol. The monoisotopic (exact) mass is 163 g/mol. The van der Waals surface area contributed by atoms with Crippen molar-refractivity contribution in [3.8, 4) is 0 Å². The first-order valence-corrected chi connectivity index (χ1v) is 3.60. The summed E-state index contributed by atoms with van der Waals surface area (Å²) in [4.78, 5) is 14.6. The molecule has 1 aliphatic heterocycles. The number of hydrogen-bond acceptors (Lipinski definition) is 1. The zero-order chi connectivity index (χ0) is 8.55. The Bertz CT molecular complexity index is 350. The second-order valence-electron chi connectivity index (χ2n) is 2.57. The fourth-order valence-corrected chi connectivity index (χ4v) is 1.23. The van der Waals surface area contributed by atoms with E-state index in [0.29, 0.717) is 11.1 Å². The molecule has 0 aromatic carbocycles. The third-order valence-electron chi connectivity index (χ3n) is 1.83. The Morgan fingerprint density at radius 3 is 3.00 bits per heavy atom. The van der Waals surface area contributed by atoms with Crippen LogP contribution in [0.4, 0.5) is 4.39 Å². The zero-order valence-electron chi connectivity index (χ0n) is 6.20. The number of nitrogens with zero attached hydrogens (tertiary/aromatic N) is 1. The van der Waals surface area contributed by atoms with Crippen molar-refractivity contribution in [2.45, 2.75) is 6.17 Å². The molecule has 2 aliphatic rings. The number of halogens is 1. The van der Waals surface area contributed by atoms with Crippen LogP contribution in [0.3, 0.4) is 0 Å². The van der Waals surface area contributed by atoms with Crippen molar-refractivity contribution in [3.05, 3.63) is 35.5 Å². The number of alkyl halides is 1. The highest BCUT2D eigenvalue weighted by atomic mass is 19.1. The molecule has 0 saturated heterocycles. The van der Waals surface area contributed by atoms with Gasteiger partial charge in [0.15, 0.2) is 0 Å². The predicted molar refractivity (Wildman–Crippen MR) is 43.7 cm³/mol. The number of fused-ring (bicyclic) bond motifs is 1. The van der Waals surface area contributed by atoms with Gasteiger partial charge in [0, 0.05) is 17.4 Å². The molecule has 12 heavy (non-hydrogen) atoms. The van der Waals surface area contributed by atoms with Gasteiger partial charge in [-0.25, -0.2) is 9.38 Å². The first-order valence-electron chi connectivity index (χ1n) is 3.60. The van der Waals surface area contributed by atoms with Crippen LogP contribution in [0.25, 0.3) is 0 Å². The molecule has 1 unspecified atom stereocenters. The third kappa shape index (κ3) is 0.942. The van der Waals surface area contributed by atoms with Crippen LogP contribution in [0.15, 0.2) is 40.4 Å². The average Bonchev–Trinajstić information content (AvgIpc) is 2.07. The van der Waals surface area contributed by atoms with E-state index in [1.54, 1.807) is 6.08 Å². The second kappa shape index (κ2) is 2.52. The van der Waals surface area contributed by atoms with Crippen LogP contribution in [0.1, 0.15) is 0 Å². The van der Waals surface area contributed by atoms with E-state index < -0.39 is 6.17 Å². The zero-order valence-corrected chi connectivity index (χ0v) is 6.20. The summed E-state index contributed by atoms with van der Waals surface area (Å²) in [6.07, 6.45) is 6.22. The standard InChI is InChI=1S/C9H6FNO/c10-8-3-1-2-7-6(8)4-5-11-9(7)12/h1-5,8H. The van der Waals surface area contributed by atoms with E-state index in [9.17, 15) is 9.18 Å². The molecule has 2 nitrogen and oxygen atoms in total. The lowest BCUT2D eigenvalue weighted by Crippen LogP contribution is -2.16. The molecule has 1 atom stereocenters. The number of amides is 1. The van der Waals surface area contributed by atoms with Gasteiger partial charge in [-0.1, -0.05) is 6.08 Å². The van der Waals surface area contributed by atoms with E-state index in [1.807, 2.05) is 0 Å². The van der Waals surface area contributed by atoms with E-state index in [-0.39, 0.29) is 5.91 Å². The summed E-state index contributed by atoms with van der Waals surface area (Å²) >= 11 is 0. The van der Waals surface area contributed by atoms with Crippen LogP contribution >= 0.6 is 0 Å². The smallest absolute Gasteiger partial charge is 0.267 e. The summed E-state index contributed by atoms with van der Waals surface area (Å²) in [5.74, 6) is -0.362. The third-order valence-corrected chi connectivity index (χ3v) is 1.83. The van der Waals surface area contributed by atoms with Gasteiger partial charge in [0.1, 0.15) is 6.17 Å². The van der Waals surface area contributed by atoms with Gasteiger partial charge in [0.05, 0.1) is 0 Å². The quantitative estimate of drug-likeness (QED) is 0.530. The molecule has 2 rings (SSSR count). The average molecular weight is 163 g/mol. The van der Waals surface area contributed by atoms with Crippen molar-refractivity contribution >= 4 is 12.1 Å². The van der Waals surface area contributed by atoms with Gasteiger partial charge in [-0.2, -0.15) is 0 Å². The van der Waals surface area contributed by atoms with Gasteiger partial charge in [-0.15, -0.1) is 0 Å². The Morgan fingerprint density at radius 2 is 2.25 bits per heavy atom. The number of carbonyl (C=O) groups excluding carboxylic acids is 1. The number of rotatable bonds is 0. The van der Waals surface area contributed by atoms with Crippen molar-refractivity contribution in [1.82, 2.24) is 0 Å². The fourth-order valence-electron chi connectivity index (χ4n) is 1.23. The molecule has 0 spiro atoms. The summed E-state index contributed by atoms with van der Waals surface area (Å²) in [5, 5.41) is 0. The Morgan fingerprint density at radius 1 is 1.42 bits per heavy atom. The molecule has 0 fully saturated rings. The van der Waals surface area contributed by atoms with Crippen molar-refractivity contribution in [1.29, 1.82) is 0 Å². The summed E-state index contributed by atoms with van der Waals surface area (Å²) in [5.41, 5.74) is 0.782. The van der Waals surface area contributed by atoms with Crippen molar-refractivity contribution in [2.75, 3.05) is 0 Å². The van der Waals surface area contributed by atoms with Crippen molar-refractivity contribution in [3.63, 3.8) is 0 Å².